The SMILES string of the molecule is N=C(N)c1cc(Br)ccc1SCC(=O)NC1CC1. The molecule has 1 aliphatic rings. The van der Waals surface area contributed by atoms with Crippen molar-refractivity contribution in [2.45, 2.75) is 23.8 Å². The molecule has 1 aromatic rings. The van der Waals surface area contributed by atoms with Crippen LogP contribution < -0.4 is 11.1 Å². The van der Waals surface area contributed by atoms with Gasteiger partial charge in [-0.2, -0.15) is 0 Å². The summed E-state index contributed by atoms with van der Waals surface area (Å²) in [6, 6.07) is 5.93. The predicted octanol–water partition coefficient (Wildman–Crippen LogP) is 2.10. The van der Waals surface area contributed by atoms with Gasteiger partial charge in [0, 0.05) is 21.0 Å². The second-order valence-corrected chi connectivity index (χ2v) is 6.12. The van der Waals surface area contributed by atoms with E-state index < -0.39 is 0 Å². The van der Waals surface area contributed by atoms with E-state index in [9.17, 15) is 4.79 Å². The summed E-state index contributed by atoms with van der Waals surface area (Å²) in [5.41, 5.74) is 6.19. The van der Waals surface area contributed by atoms with Crippen LogP contribution in [0.5, 0.6) is 0 Å². The quantitative estimate of drug-likeness (QED) is 0.440. The van der Waals surface area contributed by atoms with Gasteiger partial charge in [0.1, 0.15) is 5.84 Å². The van der Waals surface area contributed by atoms with E-state index in [0.29, 0.717) is 17.4 Å². The van der Waals surface area contributed by atoms with Gasteiger partial charge in [-0.1, -0.05) is 15.9 Å². The van der Waals surface area contributed by atoms with Gasteiger partial charge in [-0.15, -0.1) is 11.8 Å². The number of halogens is 1. The molecule has 6 heteroatoms. The number of carbonyl (C=O) groups excluding carboxylic acids is 1. The number of thioether (sulfide) groups is 1. The van der Waals surface area contributed by atoms with Gasteiger partial charge in [0.25, 0.3) is 0 Å². The first-order valence-corrected chi connectivity index (χ1v) is 7.40. The van der Waals surface area contributed by atoms with Crippen LogP contribution in [-0.2, 0) is 4.79 Å². The first-order chi connectivity index (χ1) is 8.56. The lowest BCUT2D eigenvalue weighted by Gasteiger charge is -2.08. The van der Waals surface area contributed by atoms with Crippen molar-refractivity contribution >= 4 is 39.4 Å². The topological polar surface area (TPSA) is 79.0 Å². The summed E-state index contributed by atoms with van der Waals surface area (Å²) in [5, 5.41) is 10.5. The van der Waals surface area contributed by atoms with Crippen molar-refractivity contribution in [2.75, 3.05) is 5.75 Å². The molecule has 96 valence electrons. The zero-order chi connectivity index (χ0) is 13.1. The van der Waals surface area contributed by atoms with E-state index in [2.05, 4.69) is 21.2 Å². The van der Waals surface area contributed by atoms with Crippen LogP contribution in [0.4, 0.5) is 0 Å². The van der Waals surface area contributed by atoms with Crippen molar-refractivity contribution < 1.29 is 4.79 Å². The van der Waals surface area contributed by atoms with Crippen LogP contribution in [0.15, 0.2) is 27.6 Å². The zero-order valence-corrected chi connectivity index (χ0v) is 12.1. The second kappa shape index (κ2) is 5.75. The first-order valence-electron chi connectivity index (χ1n) is 5.62. The molecule has 1 aliphatic carbocycles. The Morgan fingerprint density at radius 2 is 2.28 bits per heavy atom. The van der Waals surface area contributed by atoms with E-state index in [1.54, 1.807) is 6.07 Å². The van der Waals surface area contributed by atoms with Crippen LogP contribution in [0.25, 0.3) is 0 Å². The summed E-state index contributed by atoms with van der Waals surface area (Å²) >= 11 is 4.75. The normalized spacial score (nSPS) is 14.3. The molecule has 1 saturated carbocycles. The molecule has 4 N–H and O–H groups in total. The Morgan fingerprint density at radius 3 is 2.89 bits per heavy atom. The van der Waals surface area contributed by atoms with Gasteiger partial charge in [-0.05, 0) is 31.0 Å². The maximum Gasteiger partial charge on any atom is 0.230 e. The fraction of sp³-hybridized carbons (Fsp3) is 0.333. The average Bonchev–Trinajstić information content (AvgIpc) is 3.11. The third-order valence-electron chi connectivity index (χ3n) is 2.53. The molecule has 0 unspecified atom stereocenters. The fourth-order valence-electron chi connectivity index (χ4n) is 1.48. The Hall–Kier alpha value is -1.01. The summed E-state index contributed by atoms with van der Waals surface area (Å²) in [7, 11) is 0. The number of rotatable bonds is 5. The highest BCUT2D eigenvalue weighted by Gasteiger charge is 2.23. The number of nitrogen functional groups attached to an aromatic ring is 1. The monoisotopic (exact) mass is 327 g/mol. The van der Waals surface area contributed by atoms with E-state index in [1.165, 1.54) is 11.8 Å². The molecule has 0 heterocycles. The Morgan fingerprint density at radius 1 is 1.56 bits per heavy atom. The molecule has 18 heavy (non-hydrogen) atoms. The smallest absolute Gasteiger partial charge is 0.230 e. The highest BCUT2D eigenvalue weighted by molar-refractivity contribution is 9.10. The van der Waals surface area contributed by atoms with E-state index in [-0.39, 0.29) is 11.7 Å². The summed E-state index contributed by atoms with van der Waals surface area (Å²) in [6.07, 6.45) is 2.18. The highest BCUT2D eigenvalue weighted by Crippen LogP contribution is 2.26. The largest absolute Gasteiger partial charge is 0.384 e. The molecule has 0 bridgehead atoms. The van der Waals surface area contributed by atoms with E-state index in [4.69, 9.17) is 11.1 Å². The number of amides is 1. The van der Waals surface area contributed by atoms with Gasteiger partial charge in [0.05, 0.1) is 5.75 Å². The van der Waals surface area contributed by atoms with Crippen LogP contribution in [0, 0.1) is 5.41 Å². The molecule has 0 atom stereocenters. The molecule has 0 saturated heterocycles. The molecule has 1 amide bonds. The summed E-state index contributed by atoms with van der Waals surface area (Å²) in [5.74, 6) is 0.416. The minimum atomic E-state index is 0.0152. The second-order valence-electron chi connectivity index (χ2n) is 4.18. The van der Waals surface area contributed by atoms with Crippen molar-refractivity contribution in [1.82, 2.24) is 5.32 Å². The minimum absolute atomic E-state index is 0.0152. The lowest BCUT2D eigenvalue weighted by atomic mass is 10.2. The average molecular weight is 328 g/mol. The van der Waals surface area contributed by atoms with Crippen LogP contribution >= 0.6 is 27.7 Å². The lowest BCUT2D eigenvalue weighted by molar-refractivity contribution is -0.118. The number of carbonyl (C=O) groups is 1. The standard InChI is InChI=1S/C12H14BrN3OS/c13-7-1-4-10(9(5-7)12(14)15)18-6-11(17)16-8-2-3-8/h1,4-5,8H,2-3,6H2,(H3,14,15)(H,16,17). The summed E-state index contributed by atoms with van der Waals surface area (Å²) in [4.78, 5) is 12.4. The third kappa shape index (κ3) is 3.74. The van der Waals surface area contributed by atoms with Crippen molar-refractivity contribution in [2.24, 2.45) is 5.73 Å². The summed E-state index contributed by atoms with van der Waals surface area (Å²) in [6.45, 7) is 0. The van der Waals surface area contributed by atoms with Crippen LogP contribution in [0.2, 0.25) is 0 Å². The lowest BCUT2D eigenvalue weighted by Crippen LogP contribution is -2.27. The summed E-state index contributed by atoms with van der Waals surface area (Å²) < 4.78 is 0.875. The maximum absolute atomic E-state index is 11.6. The third-order valence-corrected chi connectivity index (χ3v) is 4.10. The number of nitrogens with two attached hydrogens (primary N) is 1. The van der Waals surface area contributed by atoms with Gasteiger partial charge in [0.2, 0.25) is 5.91 Å². The fourth-order valence-corrected chi connectivity index (χ4v) is 2.70. The molecule has 4 nitrogen and oxygen atoms in total. The van der Waals surface area contributed by atoms with Crippen LogP contribution in [0.1, 0.15) is 18.4 Å². The first kappa shape index (κ1) is 13.4. The van der Waals surface area contributed by atoms with Crippen LogP contribution in [-0.4, -0.2) is 23.5 Å². The van der Waals surface area contributed by atoms with Crippen molar-refractivity contribution in [3.8, 4) is 0 Å². The maximum atomic E-state index is 11.6. The van der Waals surface area contributed by atoms with E-state index >= 15 is 0 Å². The number of hydrogen-bond acceptors (Lipinski definition) is 3. The number of nitrogens with one attached hydrogen (secondary N) is 2. The van der Waals surface area contributed by atoms with Gasteiger partial charge in [0.15, 0.2) is 0 Å². The Bertz CT molecular complexity index is 488. The highest BCUT2D eigenvalue weighted by atomic mass is 79.9. The van der Waals surface area contributed by atoms with Gasteiger partial charge < -0.3 is 11.1 Å². The Labute approximate surface area is 118 Å². The molecular weight excluding hydrogens is 314 g/mol. The van der Waals surface area contributed by atoms with Crippen molar-refractivity contribution in [3.63, 3.8) is 0 Å². The van der Waals surface area contributed by atoms with Crippen molar-refractivity contribution in [1.29, 1.82) is 5.41 Å². The molecule has 0 aliphatic heterocycles. The molecule has 1 aromatic carbocycles. The minimum Gasteiger partial charge on any atom is -0.384 e. The van der Waals surface area contributed by atoms with Gasteiger partial charge in [-0.3, -0.25) is 10.2 Å². The predicted molar refractivity (Wildman–Crippen MR) is 77.0 cm³/mol. The van der Waals surface area contributed by atoms with E-state index in [0.717, 1.165) is 22.2 Å². The number of hydrogen-bond donors (Lipinski definition) is 3. The molecule has 2 rings (SSSR count). The number of amidine groups is 1. The zero-order valence-electron chi connectivity index (χ0n) is 9.70. The van der Waals surface area contributed by atoms with Gasteiger partial charge >= 0.3 is 0 Å². The van der Waals surface area contributed by atoms with Crippen LogP contribution in [0.3, 0.4) is 0 Å². The Kier molecular flexibility index (Phi) is 4.29. The molecule has 0 spiro atoms. The molecule has 0 radical (unpaired) electrons. The van der Waals surface area contributed by atoms with E-state index in [1.807, 2.05) is 12.1 Å². The molecule has 0 aromatic heterocycles. The Balaban J connectivity index is 1.99. The van der Waals surface area contributed by atoms with Gasteiger partial charge in [-0.25, -0.2) is 0 Å². The van der Waals surface area contributed by atoms with Crippen molar-refractivity contribution in [3.05, 3.63) is 28.2 Å². The molecular formula is C12H14BrN3OS. The number of benzene rings is 1. The molecule has 1 fully saturated rings.